The molecule has 0 saturated heterocycles. The molecule has 0 bridgehead atoms. The Labute approximate surface area is 140 Å². The molecule has 23 heavy (non-hydrogen) atoms. The monoisotopic (exact) mass is 412 g/mol. The van der Waals surface area contributed by atoms with Crippen LogP contribution in [0.25, 0.3) is 0 Å². The molecule has 0 amide bonds. The number of carboxylic acid groups (broad SMARTS) is 1. The lowest BCUT2D eigenvalue weighted by molar-refractivity contribution is -0.139. The first-order valence-electron chi connectivity index (χ1n) is 5.86. The zero-order chi connectivity index (χ0) is 17.4. The van der Waals surface area contributed by atoms with Gasteiger partial charge in [0.15, 0.2) is 0 Å². The Kier molecular flexibility index (Phi) is 4.86. The summed E-state index contributed by atoms with van der Waals surface area (Å²) in [7, 11) is 0. The van der Waals surface area contributed by atoms with Crippen molar-refractivity contribution in [1.82, 2.24) is 0 Å². The SMILES string of the molecule is O=C(O)c1cc(Oc2cc(F)c(C(F)(F)F)c(Cl)c2)ccc1Br. The predicted molar refractivity (Wildman–Crippen MR) is 77.6 cm³/mol. The number of alkyl halides is 3. The van der Waals surface area contributed by atoms with Crippen LogP contribution in [-0.4, -0.2) is 11.1 Å². The Morgan fingerprint density at radius 2 is 1.83 bits per heavy atom. The first kappa shape index (κ1) is 17.6. The molecule has 0 aliphatic carbocycles. The number of aromatic carboxylic acids is 1. The molecule has 2 rings (SSSR count). The molecule has 1 N–H and O–H groups in total. The van der Waals surface area contributed by atoms with Gasteiger partial charge in [0.2, 0.25) is 0 Å². The zero-order valence-electron chi connectivity index (χ0n) is 10.9. The molecule has 0 fully saturated rings. The standard InChI is InChI=1S/C14H6BrClF4O3/c15-9-2-1-6(3-8(9)13(21)22)23-7-4-10(16)12(11(17)5-7)14(18,19)20/h1-5H,(H,21,22). The molecule has 0 atom stereocenters. The first-order valence-corrected chi connectivity index (χ1v) is 7.03. The smallest absolute Gasteiger partial charge is 0.420 e. The quantitative estimate of drug-likeness (QED) is 0.652. The normalized spacial score (nSPS) is 11.4. The zero-order valence-corrected chi connectivity index (χ0v) is 13.3. The first-order chi connectivity index (χ1) is 10.6. The maximum atomic E-state index is 13.6. The van der Waals surface area contributed by atoms with Gasteiger partial charge in [-0.2, -0.15) is 13.2 Å². The molecular weight excluding hydrogens is 408 g/mol. The van der Waals surface area contributed by atoms with Gasteiger partial charge in [0.05, 0.1) is 10.6 Å². The van der Waals surface area contributed by atoms with Gasteiger partial charge in [0, 0.05) is 16.6 Å². The van der Waals surface area contributed by atoms with E-state index in [1.165, 1.54) is 12.1 Å². The fourth-order valence-corrected chi connectivity index (χ4v) is 2.47. The third kappa shape index (κ3) is 3.94. The lowest BCUT2D eigenvalue weighted by Gasteiger charge is -2.13. The highest BCUT2D eigenvalue weighted by molar-refractivity contribution is 9.10. The van der Waals surface area contributed by atoms with Crippen LogP contribution in [0, 0.1) is 5.82 Å². The summed E-state index contributed by atoms with van der Waals surface area (Å²) in [5.41, 5.74) is -1.71. The number of hydrogen-bond donors (Lipinski definition) is 1. The van der Waals surface area contributed by atoms with E-state index in [9.17, 15) is 22.4 Å². The number of benzene rings is 2. The van der Waals surface area contributed by atoms with Crippen molar-refractivity contribution in [3.63, 3.8) is 0 Å². The van der Waals surface area contributed by atoms with Gasteiger partial charge in [0.25, 0.3) is 0 Å². The average molecular weight is 414 g/mol. The van der Waals surface area contributed by atoms with Gasteiger partial charge in [-0.15, -0.1) is 0 Å². The largest absolute Gasteiger partial charge is 0.478 e. The molecule has 2 aromatic rings. The molecule has 0 aliphatic heterocycles. The van der Waals surface area contributed by atoms with Crippen molar-refractivity contribution < 1.29 is 32.2 Å². The van der Waals surface area contributed by atoms with Crippen LogP contribution in [-0.2, 0) is 6.18 Å². The van der Waals surface area contributed by atoms with Crippen molar-refractivity contribution in [2.45, 2.75) is 6.18 Å². The Balaban J connectivity index is 2.39. The van der Waals surface area contributed by atoms with Crippen LogP contribution in [0.3, 0.4) is 0 Å². The fraction of sp³-hybridized carbons (Fsp3) is 0.0714. The second-order valence-electron chi connectivity index (χ2n) is 4.31. The highest BCUT2D eigenvalue weighted by atomic mass is 79.9. The van der Waals surface area contributed by atoms with Crippen LogP contribution < -0.4 is 4.74 Å². The number of carboxylic acids is 1. The molecular formula is C14H6BrClF4O3. The molecule has 0 aromatic heterocycles. The van der Waals surface area contributed by atoms with E-state index in [-0.39, 0.29) is 21.5 Å². The summed E-state index contributed by atoms with van der Waals surface area (Å²) in [6, 6.07) is 5.20. The van der Waals surface area contributed by atoms with Crippen LogP contribution in [0.5, 0.6) is 11.5 Å². The van der Waals surface area contributed by atoms with Crippen molar-refractivity contribution in [1.29, 1.82) is 0 Å². The third-order valence-electron chi connectivity index (χ3n) is 2.70. The van der Waals surface area contributed by atoms with E-state index in [1.54, 1.807) is 0 Å². The maximum absolute atomic E-state index is 13.6. The van der Waals surface area contributed by atoms with Crippen LogP contribution >= 0.6 is 27.5 Å². The van der Waals surface area contributed by atoms with E-state index in [2.05, 4.69) is 15.9 Å². The van der Waals surface area contributed by atoms with Gasteiger partial charge < -0.3 is 9.84 Å². The van der Waals surface area contributed by atoms with E-state index in [0.29, 0.717) is 6.07 Å². The van der Waals surface area contributed by atoms with Crippen molar-refractivity contribution in [2.24, 2.45) is 0 Å². The van der Waals surface area contributed by atoms with Crippen molar-refractivity contribution >= 4 is 33.5 Å². The van der Waals surface area contributed by atoms with E-state index < -0.39 is 28.5 Å². The minimum Gasteiger partial charge on any atom is -0.478 e. The molecule has 0 unspecified atom stereocenters. The van der Waals surface area contributed by atoms with E-state index in [4.69, 9.17) is 21.4 Å². The molecule has 0 aliphatic rings. The molecule has 0 spiro atoms. The molecule has 0 saturated carbocycles. The van der Waals surface area contributed by atoms with Crippen LogP contribution in [0.2, 0.25) is 5.02 Å². The minimum absolute atomic E-state index is 0.000764. The maximum Gasteiger partial charge on any atom is 0.420 e. The van der Waals surface area contributed by atoms with Gasteiger partial charge in [-0.1, -0.05) is 11.6 Å². The van der Waals surface area contributed by atoms with Gasteiger partial charge in [-0.3, -0.25) is 0 Å². The second-order valence-corrected chi connectivity index (χ2v) is 5.57. The molecule has 9 heteroatoms. The van der Waals surface area contributed by atoms with Crippen molar-refractivity contribution in [2.75, 3.05) is 0 Å². The summed E-state index contributed by atoms with van der Waals surface area (Å²) in [6.45, 7) is 0. The Morgan fingerprint density at radius 3 is 2.35 bits per heavy atom. The fourth-order valence-electron chi connectivity index (χ4n) is 1.75. The lowest BCUT2D eigenvalue weighted by atomic mass is 10.2. The molecule has 0 heterocycles. The number of rotatable bonds is 3. The number of ether oxygens (including phenoxy) is 1. The number of halogens is 6. The predicted octanol–water partition coefficient (Wildman–Crippen LogP) is 5.75. The average Bonchev–Trinajstić information content (AvgIpc) is 2.38. The Hall–Kier alpha value is -1.80. The van der Waals surface area contributed by atoms with E-state index in [1.807, 2.05) is 0 Å². The van der Waals surface area contributed by atoms with Gasteiger partial charge in [0.1, 0.15) is 22.9 Å². The van der Waals surface area contributed by atoms with E-state index >= 15 is 0 Å². The number of carbonyl (C=O) groups is 1. The van der Waals surface area contributed by atoms with Crippen LogP contribution in [0.1, 0.15) is 15.9 Å². The minimum atomic E-state index is -4.94. The van der Waals surface area contributed by atoms with Gasteiger partial charge in [-0.05, 0) is 34.1 Å². The summed E-state index contributed by atoms with van der Waals surface area (Å²) >= 11 is 8.48. The lowest BCUT2D eigenvalue weighted by Crippen LogP contribution is -2.09. The summed E-state index contributed by atoms with van der Waals surface area (Å²) in [6.07, 6.45) is -4.94. The highest BCUT2D eigenvalue weighted by Gasteiger charge is 2.37. The molecule has 0 radical (unpaired) electrons. The summed E-state index contributed by atoms with van der Waals surface area (Å²) < 4.78 is 56.9. The van der Waals surface area contributed by atoms with E-state index in [0.717, 1.165) is 12.1 Å². The van der Waals surface area contributed by atoms with Gasteiger partial charge in [-0.25, -0.2) is 9.18 Å². The van der Waals surface area contributed by atoms with Crippen molar-refractivity contribution in [3.8, 4) is 11.5 Å². The van der Waals surface area contributed by atoms with Crippen molar-refractivity contribution in [3.05, 3.63) is 56.8 Å². The van der Waals surface area contributed by atoms with Crippen LogP contribution in [0.4, 0.5) is 17.6 Å². The Bertz CT molecular complexity index is 754. The van der Waals surface area contributed by atoms with Gasteiger partial charge >= 0.3 is 12.1 Å². The summed E-state index contributed by atoms with van der Waals surface area (Å²) in [4.78, 5) is 11.0. The van der Waals surface area contributed by atoms with Crippen LogP contribution in [0.15, 0.2) is 34.8 Å². The topological polar surface area (TPSA) is 46.5 Å². The molecule has 122 valence electrons. The second kappa shape index (κ2) is 6.37. The third-order valence-corrected chi connectivity index (χ3v) is 3.69. The highest BCUT2D eigenvalue weighted by Crippen LogP contribution is 2.39. The summed E-state index contributed by atoms with van der Waals surface area (Å²) in [5, 5.41) is 8.12. The number of hydrogen-bond acceptors (Lipinski definition) is 2. The molecule has 3 nitrogen and oxygen atoms in total. The summed E-state index contributed by atoms with van der Waals surface area (Å²) in [5.74, 6) is -3.12. The Morgan fingerprint density at radius 1 is 1.17 bits per heavy atom. The molecule has 2 aromatic carbocycles.